The largest absolute Gasteiger partial charge is 0.508 e. The molecule has 3 N–H and O–H groups in total. The third-order valence-corrected chi connectivity index (χ3v) is 6.52. The van der Waals surface area contributed by atoms with Gasteiger partial charge in [0, 0.05) is 22.6 Å². The van der Waals surface area contributed by atoms with Crippen LogP contribution < -0.4 is 5.56 Å². The molecule has 29 heavy (non-hydrogen) atoms. The summed E-state index contributed by atoms with van der Waals surface area (Å²) >= 11 is 1.51. The van der Waals surface area contributed by atoms with E-state index in [-0.39, 0.29) is 11.3 Å². The fourth-order valence-corrected chi connectivity index (χ4v) is 4.63. The van der Waals surface area contributed by atoms with Crippen molar-refractivity contribution in [3.8, 4) is 17.0 Å². The van der Waals surface area contributed by atoms with E-state index in [0.29, 0.717) is 16.8 Å². The molecule has 7 heteroatoms. The molecular formula is C22H26N4O2S. The average Bonchev–Trinajstić information content (AvgIpc) is 3.20. The Bertz CT molecular complexity index is 1020. The van der Waals surface area contributed by atoms with Crippen molar-refractivity contribution in [2.45, 2.75) is 56.4 Å². The molecule has 2 heterocycles. The molecule has 6 nitrogen and oxygen atoms in total. The predicted molar refractivity (Wildman–Crippen MR) is 115 cm³/mol. The van der Waals surface area contributed by atoms with Crippen LogP contribution in [0.5, 0.6) is 5.75 Å². The number of aromatic hydroxyl groups is 1. The van der Waals surface area contributed by atoms with Crippen molar-refractivity contribution in [1.82, 2.24) is 20.2 Å². The molecule has 0 bridgehead atoms. The number of hydrogen-bond donors (Lipinski definition) is 3. The molecule has 4 rings (SSSR count). The smallest absolute Gasteiger partial charge is 0.254 e. The lowest BCUT2D eigenvalue weighted by atomic mass is 9.85. The van der Waals surface area contributed by atoms with E-state index in [4.69, 9.17) is 4.98 Å². The molecule has 2 aromatic heterocycles. The van der Waals surface area contributed by atoms with Crippen molar-refractivity contribution in [3.05, 3.63) is 57.6 Å². The van der Waals surface area contributed by atoms with Crippen LogP contribution in [0.1, 0.15) is 49.1 Å². The Morgan fingerprint density at radius 2 is 1.93 bits per heavy atom. The summed E-state index contributed by atoms with van der Waals surface area (Å²) in [6.07, 6.45) is 7.29. The van der Waals surface area contributed by atoms with Crippen molar-refractivity contribution in [3.63, 3.8) is 0 Å². The minimum Gasteiger partial charge on any atom is -0.508 e. The Morgan fingerprint density at radius 1 is 1.17 bits per heavy atom. The summed E-state index contributed by atoms with van der Waals surface area (Å²) in [6, 6.07) is 8.94. The molecule has 3 aromatic rings. The topological polar surface area (TPSA) is 94.7 Å². The first-order valence-corrected chi connectivity index (χ1v) is 11.1. The molecule has 0 unspecified atom stereocenters. The quantitative estimate of drug-likeness (QED) is 0.408. The Labute approximate surface area is 174 Å². The number of phenols is 1. The predicted octanol–water partition coefficient (Wildman–Crippen LogP) is 4.59. The van der Waals surface area contributed by atoms with Crippen molar-refractivity contribution in [2.24, 2.45) is 5.92 Å². The molecule has 0 amide bonds. The maximum Gasteiger partial charge on any atom is 0.254 e. The van der Waals surface area contributed by atoms with E-state index in [1.807, 2.05) is 25.1 Å². The summed E-state index contributed by atoms with van der Waals surface area (Å²) in [4.78, 5) is 20.0. The summed E-state index contributed by atoms with van der Waals surface area (Å²) in [5.74, 6) is 1.52. The van der Waals surface area contributed by atoms with Gasteiger partial charge in [0.15, 0.2) is 5.16 Å². The van der Waals surface area contributed by atoms with Crippen LogP contribution in [-0.2, 0) is 12.2 Å². The van der Waals surface area contributed by atoms with Gasteiger partial charge in [0.2, 0.25) is 0 Å². The molecule has 0 atom stereocenters. The summed E-state index contributed by atoms with van der Waals surface area (Å²) in [7, 11) is 0. The molecule has 0 spiro atoms. The Hall–Kier alpha value is -2.54. The number of nitrogens with zero attached hydrogens (tertiary/aromatic N) is 2. The minimum atomic E-state index is -0.0392. The number of thioether (sulfide) groups is 1. The first kappa shape index (κ1) is 19.8. The maximum absolute atomic E-state index is 12.4. The van der Waals surface area contributed by atoms with Crippen LogP contribution in [0.2, 0.25) is 0 Å². The van der Waals surface area contributed by atoms with Crippen molar-refractivity contribution >= 4 is 11.8 Å². The number of H-pyrrole nitrogens is 2. The molecule has 0 radical (unpaired) electrons. The maximum atomic E-state index is 12.4. The van der Waals surface area contributed by atoms with E-state index in [0.717, 1.165) is 34.6 Å². The standard InChI is InChI=1S/C22H26N4O2S/c1-14-19(11-15-5-3-2-4-6-15)23-22(24-21(14)28)29-13-17-12-20(26-25-17)16-7-9-18(27)10-8-16/h7-10,12,15,27H,2-6,11,13H2,1H3,(H,25,26)(H,23,24,28). The monoisotopic (exact) mass is 410 g/mol. The molecular weight excluding hydrogens is 384 g/mol. The zero-order valence-corrected chi connectivity index (χ0v) is 17.4. The van der Waals surface area contributed by atoms with Crippen LogP contribution >= 0.6 is 11.8 Å². The fraction of sp³-hybridized carbons (Fsp3) is 0.409. The molecule has 1 aliphatic rings. The average molecular weight is 411 g/mol. The second kappa shape index (κ2) is 8.86. The van der Waals surface area contributed by atoms with Gasteiger partial charge in [-0.05, 0) is 49.6 Å². The molecule has 0 saturated heterocycles. The minimum absolute atomic E-state index is 0.0392. The van der Waals surface area contributed by atoms with Crippen molar-refractivity contribution < 1.29 is 5.11 Å². The van der Waals surface area contributed by atoms with E-state index >= 15 is 0 Å². The molecule has 1 saturated carbocycles. The Balaban J connectivity index is 1.44. The molecule has 1 aliphatic carbocycles. The second-order valence-corrected chi connectivity index (χ2v) is 8.73. The van der Waals surface area contributed by atoms with Gasteiger partial charge in [0.1, 0.15) is 5.75 Å². The number of rotatable bonds is 6. The number of nitrogens with one attached hydrogen (secondary N) is 2. The number of phenolic OH excluding ortho intramolecular Hbond substituents is 1. The summed E-state index contributed by atoms with van der Waals surface area (Å²) in [6.45, 7) is 1.87. The van der Waals surface area contributed by atoms with Gasteiger partial charge in [-0.2, -0.15) is 5.10 Å². The molecule has 0 aliphatic heterocycles. The highest BCUT2D eigenvalue weighted by Gasteiger charge is 2.17. The highest BCUT2D eigenvalue weighted by Crippen LogP contribution is 2.28. The summed E-state index contributed by atoms with van der Waals surface area (Å²) in [5.41, 5.74) is 4.36. The van der Waals surface area contributed by atoms with Crippen LogP contribution in [0, 0.1) is 12.8 Å². The van der Waals surface area contributed by atoms with Gasteiger partial charge >= 0.3 is 0 Å². The number of benzene rings is 1. The van der Waals surface area contributed by atoms with Crippen molar-refractivity contribution in [1.29, 1.82) is 0 Å². The lowest BCUT2D eigenvalue weighted by molar-refractivity contribution is 0.353. The van der Waals surface area contributed by atoms with E-state index in [1.54, 1.807) is 12.1 Å². The molecule has 1 aromatic carbocycles. The molecule has 1 fully saturated rings. The van der Waals surface area contributed by atoms with Gasteiger partial charge in [0.25, 0.3) is 5.56 Å². The zero-order valence-electron chi connectivity index (χ0n) is 16.6. The summed E-state index contributed by atoms with van der Waals surface area (Å²) < 4.78 is 0. The van der Waals surface area contributed by atoms with Crippen LogP contribution in [0.15, 0.2) is 40.3 Å². The second-order valence-electron chi connectivity index (χ2n) is 7.76. The van der Waals surface area contributed by atoms with Crippen molar-refractivity contribution in [2.75, 3.05) is 0 Å². The van der Waals surface area contributed by atoms with Gasteiger partial charge in [-0.3, -0.25) is 9.89 Å². The SMILES string of the molecule is Cc1c(CC2CCCCC2)nc(SCc2cc(-c3ccc(O)cc3)n[nH]2)[nH]c1=O. The third-order valence-electron chi connectivity index (χ3n) is 5.60. The lowest BCUT2D eigenvalue weighted by Gasteiger charge is -2.21. The fourth-order valence-electron chi connectivity index (χ4n) is 3.85. The Morgan fingerprint density at radius 3 is 2.69 bits per heavy atom. The Kier molecular flexibility index (Phi) is 6.04. The molecule has 152 valence electrons. The zero-order chi connectivity index (χ0) is 20.2. The number of aromatic amines is 2. The van der Waals surface area contributed by atoms with Gasteiger partial charge in [-0.15, -0.1) is 0 Å². The summed E-state index contributed by atoms with van der Waals surface area (Å²) in [5, 5.41) is 17.5. The lowest BCUT2D eigenvalue weighted by Crippen LogP contribution is -2.19. The van der Waals surface area contributed by atoms with E-state index < -0.39 is 0 Å². The van der Waals surface area contributed by atoms with Crippen LogP contribution in [0.3, 0.4) is 0 Å². The van der Waals surface area contributed by atoms with Crippen LogP contribution in [0.25, 0.3) is 11.3 Å². The van der Waals surface area contributed by atoms with Gasteiger partial charge in [0.05, 0.1) is 11.4 Å². The first-order chi connectivity index (χ1) is 14.1. The van der Waals surface area contributed by atoms with Gasteiger partial charge in [-0.25, -0.2) is 4.98 Å². The highest BCUT2D eigenvalue weighted by atomic mass is 32.2. The van der Waals surface area contributed by atoms with E-state index in [2.05, 4.69) is 15.2 Å². The van der Waals surface area contributed by atoms with Gasteiger partial charge in [-0.1, -0.05) is 43.9 Å². The third kappa shape index (κ3) is 4.90. The number of aromatic nitrogens is 4. The van der Waals surface area contributed by atoms with Gasteiger partial charge < -0.3 is 10.1 Å². The van der Waals surface area contributed by atoms with Crippen LogP contribution in [0.4, 0.5) is 0 Å². The highest BCUT2D eigenvalue weighted by molar-refractivity contribution is 7.98. The van der Waals surface area contributed by atoms with Crippen LogP contribution in [-0.4, -0.2) is 25.3 Å². The number of hydrogen-bond acceptors (Lipinski definition) is 5. The normalized spacial score (nSPS) is 14.9. The van der Waals surface area contributed by atoms with E-state index in [9.17, 15) is 9.90 Å². The van der Waals surface area contributed by atoms with E-state index in [1.165, 1.54) is 43.9 Å². The first-order valence-electron chi connectivity index (χ1n) is 10.1.